The van der Waals surface area contributed by atoms with Gasteiger partial charge in [-0.1, -0.05) is 0 Å². The molecule has 0 aromatic carbocycles. The van der Waals surface area contributed by atoms with Crippen LogP contribution in [0.1, 0.15) is 12.8 Å². The Labute approximate surface area is 92.3 Å². The van der Waals surface area contributed by atoms with Crippen molar-refractivity contribution >= 4 is 15.7 Å². The number of carbonyl (C=O) groups excluding carboxylic acids is 1. The number of nitro groups is 1. The molecule has 1 saturated carbocycles. The Kier molecular flexibility index (Phi) is 2.61. The summed E-state index contributed by atoms with van der Waals surface area (Å²) in [5.74, 6) is -0.919. The van der Waals surface area contributed by atoms with Crippen LogP contribution >= 0.6 is 0 Å². The number of rotatable bonds is 3. The SMILES string of the molecule is O=C(N[C@@H]1CCS(=O)(=O)C1)[C@H]1C[C@@H]1[N+](=O)[O-]. The smallest absolute Gasteiger partial charge is 0.230 e. The van der Waals surface area contributed by atoms with Crippen molar-refractivity contribution in [3.63, 3.8) is 0 Å². The minimum absolute atomic E-state index is 0.0470. The lowest BCUT2D eigenvalue weighted by atomic mass is 10.2. The second-order valence-corrected chi connectivity index (χ2v) is 6.53. The molecule has 0 radical (unpaired) electrons. The minimum Gasteiger partial charge on any atom is -0.352 e. The van der Waals surface area contributed by atoms with Gasteiger partial charge in [0.2, 0.25) is 11.9 Å². The van der Waals surface area contributed by atoms with Gasteiger partial charge in [0.05, 0.1) is 11.5 Å². The van der Waals surface area contributed by atoms with Gasteiger partial charge < -0.3 is 5.32 Å². The van der Waals surface area contributed by atoms with Crippen LogP contribution in [0, 0.1) is 16.0 Å². The van der Waals surface area contributed by atoms with Crippen LogP contribution in [0.2, 0.25) is 0 Å². The van der Waals surface area contributed by atoms with Gasteiger partial charge in [-0.15, -0.1) is 0 Å². The molecule has 1 aliphatic carbocycles. The van der Waals surface area contributed by atoms with Crippen LogP contribution in [-0.2, 0) is 14.6 Å². The molecule has 1 heterocycles. The molecule has 3 atom stereocenters. The van der Waals surface area contributed by atoms with Crippen LogP contribution in [0.3, 0.4) is 0 Å². The van der Waals surface area contributed by atoms with Gasteiger partial charge in [0.25, 0.3) is 0 Å². The van der Waals surface area contributed by atoms with Gasteiger partial charge in [-0.05, 0) is 6.42 Å². The molecule has 1 amide bonds. The van der Waals surface area contributed by atoms with Crippen molar-refractivity contribution in [3.8, 4) is 0 Å². The molecule has 0 bridgehead atoms. The highest BCUT2D eigenvalue weighted by molar-refractivity contribution is 7.91. The molecule has 8 heteroatoms. The largest absolute Gasteiger partial charge is 0.352 e. The molecule has 90 valence electrons. The van der Waals surface area contributed by atoms with Crippen molar-refractivity contribution in [1.29, 1.82) is 0 Å². The van der Waals surface area contributed by atoms with Gasteiger partial charge in [-0.3, -0.25) is 14.9 Å². The topological polar surface area (TPSA) is 106 Å². The van der Waals surface area contributed by atoms with E-state index in [4.69, 9.17) is 0 Å². The third kappa shape index (κ3) is 2.31. The van der Waals surface area contributed by atoms with Crippen molar-refractivity contribution < 1.29 is 18.1 Å². The summed E-state index contributed by atoms with van der Waals surface area (Å²) in [4.78, 5) is 21.4. The van der Waals surface area contributed by atoms with Crippen LogP contribution in [0.4, 0.5) is 0 Å². The Bertz CT molecular complexity index is 432. The van der Waals surface area contributed by atoms with E-state index in [-0.39, 0.29) is 29.9 Å². The summed E-state index contributed by atoms with van der Waals surface area (Å²) in [6.45, 7) is 0. The van der Waals surface area contributed by atoms with Crippen LogP contribution < -0.4 is 5.32 Å². The summed E-state index contributed by atoms with van der Waals surface area (Å²) in [6, 6.07) is -1.15. The first-order chi connectivity index (χ1) is 7.39. The van der Waals surface area contributed by atoms with Crippen molar-refractivity contribution in [2.24, 2.45) is 5.92 Å². The maximum atomic E-state index is 11.5. The van der Waals surface area contributed by atoms with E-state index < -0.39 is 26.7 Å². The second kappa shape index (κ2) is 3.69. The number of carbonyl (C=O) groups is 1. The average molecular weight is 248 g/mol. The third-order valence-electron chi connectivity index (χ3n) is 2.94. The fourth-order valence-electron chi connectivity index (χ4n) is 1.91. The summed E-state index contributed by atoms with van der Waals surface area (Å²) in [7, 11) is -3.02. The average Bonchev–Trinajstić information content (AvgIpc) is 2.87. The molecule has 0 unspecified atom stereocenters. The Hall–Kier alpha value is -1.18. The van der Waals surface area contributed by atoms with E-state index >= 15 is 0 Å². The number of nitrogens with zero attached hydrogens (tertiary/aromatic N) is 1. The highest BCUT2D eigenvalue weighted by Crippen LogP contribution is 2.33. The molecular formula is C8H12N2O5S. The molecule has 2 fully saturated rings. The number of nitrogens with one attached hydrogen (secondary N) is 1. The predicted octanol–water partition coefficient (Wildman–Crippen LogP) is -1.05. The van der Waals surface area contributed by atoms with E-state index in [9.17, 15) is 23.3 Å². The molecule has 0 spiro atoms. The van der Waals surface area contributed by atoms with E-state index in [0.29, 0.717) is 6.42 Å². The number of sulfone groups is 1. The van der Waals surface area contributed by atoms with Gasteiger partial charge in [-0.2, -0.15) is 0 Å². The normalized spacial score (nSPS) is 35.6. The monoisotopic (exact) mass is 248 g/mol. The van der Waals surface area contributed by atoms with Crippen molar-refractivity contribution in [2.45, 2.75) is 24.9 Å². The molecule has 1 N–H and O–H groups in total. The molecule has 0 aromatic heterocycles. The highest BCUT2D eigenvalue weighted by atomic mass is 32.2. The van der Waals surface area contributed by atoms with E-state index in [1.54, 1.807) is 0 Å². The zero-order valence-electron chi connectivity index (χ0n) is 8.46. The van der Waals surface area contributed by atoms with Gasteiger partial charge in [0, 0.05) is 17.4 Å². The molecule has 0 aromatic rings. The van der Waals surface area contributed by atoms with Crippen molar-refractivity contribution in [1.82, 2.24) is 5.32 Å². The van der Waals surface area contributed by atoms with Crippen LogP contribution in [0.15, 0.2) is 0 Å². The van der Waals surface area contributed by atoms with Crippen molar-refractivity contribution in [2.75, 3.05) is 11.5 Å². The summed E-state index contributed by atoms with van der Waals surface area (Å²) in [6.07, 6.45) is 0.669. The molecule has 16 heavy (non-hydrogen) atoms. The maximum absolute atomic E-state index is 11.5. The summed E-state index contributed by atoms with van der Waals surface area (Å²) < 4.78 is 22.2. The standard InChI is InChI=1S/C8H12N2O5S/c11-8(6-3-7(6)10(12)13)9-5-1-2-16(14,15)4-5/h5-7H,1-4H2,(H,9,11)/t5-,6+,7+/m1/s1. The Morgan fingerprint density at radius 3 is 2.56 bits per heavy atom. The van der Waals surface area contributed by atoms with E-state index in [1.807, 2.05) is 0 Å². The van der Waals surface area contributed by atoms with Gasteiger partial charge >= 0.3 is 0 Å². The zero-order chi connectivity index (χ0) is 11.9. The Morgan fingerprint density at radius 2 is 2.12 bits per heavy atom. The van der Waals surface area contributed by atoms with E-state index in [1.165, 1.54) is 0 Å². The molecule has 7 nitrogen and oxygen atoms in total. The van der Waals surface area contributed by atoms with Gasteiger partial charge in [0.1, 0.15) is 5.92 Å². The predicted molar refractivity (Wildman–Crippen MR) is 54.1 cm³/mol. The number of amides is 1. The van der Waals surface area contributed by atoms with Gasteiger partial charge in [0.15, 0.2) is 9.84 Å². The molecule has 1 saturated heterocycles. The first-order valence-electron chi connectivity index (χ1n) is 5.03. The maximum Gasteiger partial charge on any atom is 0.230 e. The highest BCUT2D eigenvalue weighted by Gasteiger charge is 2.53. The number of hydrogen-bond donors (Lipinski definition) is 1. The first kappa shape index (κ1) is 11.3. The van der Waals surface area contributed by atoms with Gasteiger partial charge in [-0.25, -0.2) is 8.42 Å². The number of hydrogen-bond acceptors (Lipinski definition) is 5. The molecular weight excluding hydrogens is 236 g/mol. The summed E-state index contributed by atoms with van der Waals surface area (Å²) >= 11 is 0. The minimum atomic E-state index is -3.02. The fraction of sp³-hybridized carbons (Fsp3) is 0.875. The third-order valence-corrected chi connectivity index (χ3v) is 4.71. The van der Waals surface area contributed by atoms with Crippen LogP contribution in [-0.4, -0.2) is 42.8 Å². The fourth-order valence-corrected chi connectivity index (χ4v) is 3.59. The lowest BCUT2D eigenvalue weighted by Crippen LogP contribution is -2.37. The van der Waals surface area contributed by atoms with E-state index in [0.717, 1.165) is 0 Å². The van der Waals surface area contributed by atoms with Crippen LogP contribution in [0.5, 0.6) is 0 Å². The zero-order valence-corrected chi connectivity index (χ0v) is 9.27. The Morgan fingerprint density at radius 1 is 1.44 bits per heavy atom. The Balaban J connectivity index is 1.84. The first-order valence-corrected chi connectivity index (χ1v) is 6.85. The summed E-state index contributed by atoms with van der Waals surface area (Å²) in [5, 5.41) is 12.9. The lowest BCUT2D eigenvalue weighted by molar-refractivity contribution is -0.497. The quantitative estimate of drug-likeness (QED) is 0.507. The second-order valence-electron chi connectivity index (χ2n) is 4.30. The summed E-state index contributed by atoms with van der Waals surface area (Å²) in [5.41, 5.74) is 0. The molecule has 2 rings (SSSR count). The molecule has 2 aliphatic rings. The molecule has 1 aliphatic heterocycles. The van der Waals surface area contributed by atoms with E-state index in [2.05, 4.69) is 5.32 Å². The van der Waals surface area contributed by atoms with Crippen molar-refractivity contribution in [3.05, 3.63) is 10.1 Å². The van der Waals surface area contributed by atoms with Crippen LogP contribution in [0.25, 0.3) is 0 Å². The lowest BCUT2D eigenvalue weighted by Gasteiger charge is -2.09.